The maximum Gasteiger partial charge on any atom is 0.0741 e. The van der Waals surface area contributed by atoms with Crippen molar-refractivity contribution in [1.29, 1.82) is 0 Å². The van der Waals surface area contributed by atoms with E-state index in [1.165, 1.54) is 13.0 Å². The summed E-state index contributed by atoms with van der Waals surface area (Å²) in [4.78, 5) is 2.32. The van der Waals surface area contributed by atoms with E-state index in [0.717, 1.165) is 13.0 Å². The standard InChI is InChI=1S/C10H22N2O/c1-4-10(2,13)8-11-9-5-6-12(3)7-9/h9,11,13H,4-8H2,1-3H3. The zero-order valence-corrected chi connectivity index (χ0v) is 9.01. The van der Waals surface area contributed by atoms with E-state index in [1.807, 2.05) is 13.8 Å². The van der Waals surface area contributed by atoms with E-state index in [1.54, 1.807) is 0 Å². The lowest BCUT2D eigenvalue weighted by Crippen LogP contribution is -2.43. The van der Waals surface area contributed by atoms with E-state index in [0.29, 0.717) is 12.6 Å². The van der Waals surface area contributed by atoms with Crippen LogP contribution in [0, 0.1) is 0 Å². The molecule has 0 aromatic rings. The smallest absolute Gasteiger partial charge is 0.0741 e. The van der Waals surface area contributed by atoms with Gasteiger partial charge in [-0.3, -0.25) is 0 Å². The first-order valence-corrected chi connectivity index (χ1v) is 5.18. The van der Waals surface area contributed by atoms with Crippen molar-refractivity contribution in [3.8, 4) is 0 Å². The minimum absolute atomic E-state index is 0.541. The zero-order chi connectivity index (χ0) is 9.90. The lowest BCUT2D eigenvalue weighted by atomic mass is 10.0. The fraction of sp³-hybridized carbons (Fsp3) is 1.00. The number of nitrogens with zero attached hydrogens (tertiary/aromatic N) is 1. The number of likely N-dealkylation sites (N-methyl/N-ethyl adjacent to an activating group) is 1. The summed E-state index contributed by atoms with van der Waals surface area (Å²) in [5.41, 5.74) is -0.541. The predicted octanol–water partition coefficient (Wildman–Crippen LogP) is 0.441. The highest BCUT2D eigenvalue weighted by atomic mass is 16.3. The monoisotopic (exact) mass is 186 g/mol. The van der Waals surface area contributed by atoms with Gasteiger partial charge in [0.05, 0.1) is 5.60 Å². The van der Waals surface area contributed by atoms with Gasteiger partial charge in [0.25, 0.3) is 0 Å². The summed E-state index contributed by atoms with van der Waals surface area (Å²) < 4.78 is 0. The van der Waals surface area contributed by atoms with Crippen LogP contribution in [-0.4, -0.2) is 48.3 Å². The highest BCUT2D eigenvalue weighted by Crippen LogP contribution is 2.10. The summed E-state index contributed by atoms with van der Waals surface area (Å²) in [6, 6.07) is 0.572. The molecule has 78 valence electrons. The van der Waals surface area contributed by atoms with Crippen molar-refractivity contribution >= 4 is 0 Å². The fourth-order valence-corrected chi connectivity index (χ4v) is 1.59. The van der Waals surface area contributed by atoms with Gasteiger partial charge in [0.1, 0.15) is 0 Å². The molecule has 2 unspecified atom stereocenters. The number of likely N-dealkylation sites (tertiary alicyclic amines) is 1. The SMILES string of the molecule is CCC(C)(O)CNC1CCN(C)C1. The van der Waals surface area contributed by atoms with E-state index < -0.39 is 5.60 Å². The summed E-state index contributed by atoms with van der Waals surface area (Å²) in [5, 5.41) is 13.2. The lowest BCUT2D eigenvalue weighted by Gasteiger charge is -2.24. The molecular formula is C10H22N2O. The average molecular weight is 186 g/mol. The highest BCUT2D eigenvalue weighted by molar-refractivity contribution is 4.82. The molecule has 2 atom stereocenters. The second kappa shape index (κ2) is 4.40. The molecule has 3 heteroatoms. The Morgan fingerprint density at radius 2 is 2.31 bits per heavy atom. The van der Waals surface area contributed by atoms with Crippen LogP contribution in [0.15, 0.2) is 0 Å². The Morgan fingerprint density at radius 1 is 1.62 bits per heavy atom. The summed E-state index contributed by atoms with van der Waals surface area (Å²) >= 11 is 0. The van der Waals surface area contributed by atoms with Crippen molar-refractivity contribution in [3.05, 3.63) is 0 Å². The first-order chi connectivity index (χ1) is 6.03. The molecule has 0 aromatic carbocycles. The quantitative estimate of drug-likeness (QED) is 0.669. The predicted molar refractivity (Wildman–Crippen MR) is 54.8 cm³/mol. The van der Waals surface area contributed by atoms with Gasteiger partial charge in [0.15, 0.2) is 0 Å². The van der Waals surface area contributed by atoms with Crippen LogP contribution < -0.4 is 5.32 Å². The van der Waals surface area contributed by atoms with Gasteiger partial charge in [0.2, 0.25) is 0 Å². The molecular weight excluding hydrogens is 164 g/mol. The fourth-order valence-electron chi connectivity index (χ4n) is 1.59. The van der Waals surface area contributed by atoms with Gasteiger partial charge in [-0.25, -0.2) is 0 Å². The largest absolute Gasteiger partial charge is 0.389 e. The van der Waals surface area contributed by atoms with E-state index >= 15 is 0 Å². The third-order valence-electron chi connectivity index (χ3n) is 2.92. The molecule has 1 saturated heterocycles. The summed E-state index contributed by atoms with van der Waals surface area (Å²) in [6.45, 7) is 6.90. The molecule has 0 bridgehead atoms. The molecule has 3 nitrogen and oxygen atoms in total. The lowest BCUT2D eigenvalue weighted by molar-refractivity contribution is 0.0531. The van der Waals surface area contributed by atoms with Crippen LogP contribution in [0.3, 0.4) is 0 Å². The average Bonchev–Trinajstić information content (AvgIpc) is 2.48. The normalized spacial score (nSPS) is 29.1. The zero-order valence-electron chi connectivity index (χ0n) is 9.01. The van der Waals surface area contributed by atoms with Gasteiger partial charge in [-0.05, 0) is 33.4 Å². The Labute approximate surface area is 81.1 Å². The molecule has 1 heterocycles. The number of hydrogen-bond donors (Lipinski definition) is 2. The van der Waals surface area contributed by atoms with Crippen LogP contribution >= 0.6 is 0 Å². The van der Waals surface area contributed by atoms with E-state index in [2.05, 4.69) is 17.3 Å². The Morgan fingerprint density at radius 3 is 2.77 bits per heavy atom. The molecule has 1 fully saturated rings. The van der Waals surface area contributed by atoms with Crippen molar-refractivity contribution in [2.75, 3.05) is 26.7 Å². The maximum absolute atomic E-state index is 9.77. The second-order valence-electron chi connectivity index (χ2n) is 4.48. The minimum Gasteiger partial charge on any atom is -0.389 e. The van der Waals surface area contributed by atoms with Crippen LogP contribution in [-0.2, 0) is 0 Å². The molecule has 13 heavy (non-hydrogen) atoms. The van der Waals surface area contributed by atoms with Crippen molar-refractivity contribution in [1.82, 2.24) is 10.2 Å². The van der Waals surface area contributed by atoms with Gasteiger partial charge in [0, 0.05) is 19.1 Å². The molecule has 0 saturated carbocycles. The first kappa shape index (κ1) is 11.0. The van der Waals surface area contributed by atoms with Crippen LogP contribution in [0.1, 0.15) is 26.7 Å². The van der Waals surface area contributed by atoms with Crippen LogP contribution in [0.2, 0.25) is 0 Å². The van der Waals surface area contributed by atoms with Gasteiger partial charge in [-0.2, -0.15) is 0 Å². The summed E-state index contributed by atoms with van der Waals surface area (Å²) in [5.74, 6) is 0. The Kier molecular flexibility index (Phi) is 3.71. The molecule has 0 spiro atoms. The summed E-state index contributed by atoms with van der Waals surface area (Å²) in [6.07, 6.45) is 2.01. The van der Waals surface area contributed by atoms with E-state index in [-0.39, 0.29) is 0 Å². The second-order valence-corrected chi connectivity index (χ2v) is 4.48. The third-order valence-corrected chi connectivity index (χ3v) is 2.92. The Balaban J connectivity index is 2.19. The molecule has 0 aliphatic carbocycles. The molecule has 2 N–H and O–H groups in total. The number of hydrogen-bond acceptors (Lipinski definition) is 3. The Hall–Kier alpha value is -0.120. The molecule has 1 aliphatic heterocycles. The van der Waals surface area contributed by atoms with Gasteiger partial charge < -0.3 is 15.3 Å². The number of rotatable bonds is 4. The van der Waals surface area contributed by atoms with Crippen molar-refractivity contribution in [2.45, 2.75) is 38.3 Å². The third kappa shape index (κ3) is 3.63. The van der Waals surface area contributed by atoms with E-state index in [4.69, 9.17) is 0 Å². The van der Waals surface area contributed by atoms with Crippen LogP contribution in [0.4, 0.5) is 0 Å². The van der Waals surface area contributed by atoms with Crippen LogP contribution in [0.25, 0.3) is 0 Å². The first-order valence-electron chi connectivity index (χ1n) is 5.18. The van der Waals surface area contributed by atoms with Gasteiger partial charge in [-0.15, -0.1) is 0 Å². The number of nitrogens with one attached hydrogen (secondary N) is 1. The van der Waals surface area contributed by atoms with Crippen molar-refractivity contribution < 1.29 is 5.11 Å². The topological polar surface area (TPSA) is 35.5 Å². The molecule has 1 aliphatic rings. The minimum atomic E-state index is -0.541. The van der Waals surface area contributed by atoms with Crippen LogP contribution in [0.5, 0.6) is 0 Å². The Bertz CT molecular complexity index is 159. The van der Waals surface area contributed by atoms with Crippen molar-refractivity contribution in [3.63, 3.8) is 0 Å². The molecule has 0 radical (unpaired) electrons. The van der Waals surface area contributed by atoms with Crippen molar-refractivity contribution in [2.24, 2.45) is 0 Å². The molecule has 1 rings (SSSR count). The highest BCUT2D eigenvalue weighted by Gasteiger charge is 2.23. The van der Waals surface area contributed by atoms with Gasteiger partial charge >= 0.3 is 0 Å². The van der Waals surface area contributed by atoms with Gasteiger partial charge in [-0.1, -0.05) is 6.92 Å². The number of aliphatic hydroxyl groups is 1. The molecule has 0 amide bonds. The van der Waals surface area contributed by atoms with E-state index in [9.17, 15) is 5.11 Å². The maximum atomic E-state index is 9.77. The summed E-state index contributed by atoms with van der Waals surface area (Å²) in [7, 11) is 2.14. The molecule has 0 aromatic heterocycles.